The van der Waals surface area contributed by atoms with Crippen LogP contribution in [0, 0.1) is 5.82 Å². The molecule has 1 saturated heterocycles. The molecule has 10 nitrogen and oxygen atoms in total. The lowest BCUT2D eigenvalue weighted by Gasteiger charge is -2.29. The molecule has 0 unspecified atom stereocenters. The first kappa shape index (κ1) is 25.8. The van der Waals surface area contributed by atoms with Gasteiger partial charge in [-0.05, 0) is 53.4 Å². The zero-order valence-corrected chi connectivity index (χ0v) is 21.3. The van der Waals surface area contributed by atoms with Gasteiger partial charge in [0, 0.05) is 37.6 Å². The van der Waals surface area contributed by atoms with Gasteiger partial charge in [-0.25, -0.2) is 22.9 Å². The number of H-pyrrole nitrogens is 1. The van der Waals surface area contributed by atoms with Crippen LogP contribution in [-0.2, 0) is 26.1 Å². The monoisotopic (exact) mass is 539 g/mol. The Labute approximate surface area is 218 Å². The molecule has 0 radical (unpaired) electrons. The van der Waals surface area contributed by atoms with E-state index in [1.165, 1.54) is 31.5 Å². The summed E-state index contributed by atoms with van der Waals surface area (Å²) in [7, 11) is -2.46. The number of ether oxygens (including phenoxy) is 2. The number of rotatable bonds is 7. The van der Waals surface area contributed by atoms with Crippen molar-refractivity contribution in [3.63, 3.8) is 0 Å². The van der Waals surface area contributed by atoms with Crippen LogP contribution in [0.25, 0.3) is 22.0 Å². The second-order valence-electron chi connectivity index (χ2n) is 8.81. The van der Waals surface area contributed by atoms with Crippen molar-refractivity contribution >= 4 is 38.0 Å². The van der Waals surface area contributed by atoms with Crippen molar-refractivity contribution in [3.8, 4) is 11.3 Å². The Morgan fingerprint density at radius 2 is 1.95 bits per heavy atom. The van der Waals surface area contributed by atoms with Crippen LogP contribution in [0.3, 0.4) is 0 Å². The molecule has 2 aromatic carbocycles. The smallest absolute Gasteiger partial charge is 0.259 e. The number of methoxy groups -OCH3 is 1. The second kappa shape index (κ2) is 10.5. The number of benzene rings is 2. The van der Waals surface area contributed by atoms with Gasteiger partial charge < -0.3 is 24.7 Å². The van der Waals surface area contributed by atoms with Crippen molar-refractivity contribution < 1.29 is 22.3 Å². The van der Waals surface area contributed by atoms with Crippen LogP contribution < -0.4 is 20.9 Å². The van der Waals surface area contributed by atoms with Crippen LogP contribution in [-0.4, -0.2) is 51.8 Å². The Kier molecular flexibility index (Phi) is 7.13. The third kappa shape index (κ3) is 5.24. The van der Waals surface area contributed by atoms with Gasteiger partial charge >= 0.3 is 0 Å². The standard InChI is InChI=1S/C26H26FN5O5S/c1-36-15-17-2-4-19(38(28,34)35)14-20(17)22-12-16-6-7-29-26(33)24(16)25(31-22)30-18-3-5-23(21(27)13-18)32-8-10-37-11-9-32/h2-7,12-14H,8-11,15H2,1H3,(H,29,33)(H,30,31)(H2,28,34,35). The number of nitrogens with zero attached hydrogens (tertiary/aromatic N) is 2. The van der Waals surface area contributed by atoms with Gasteiger partial charge in [0.15, 0.2) is 0 Å². The van der Waals surface area contributed by atoms with Crippen LogP contribution in [0.5, 0.6) is 0 Å². The number of halogens is 1. The van der Waals surface area contributed by atoms with E-state index in [1.807, 2.05) is 4.90 Å². The number of primary sulfonamides is 1. The topological polar surface area (TPSA) is 140 Å². The molecule has 0 spiro atoms. The first-order valence-corrected chi connectivity index (χ1v) is 13.4. The summed E-state index contributed by atoms with van der Waals surface area (Å²) >= 11 is 0. The summed E-state index contributed by atoms with van der Waals surface area (Å²) in [5.41, 5.74) is 2.00. The number of nitrogens with one attached hydrogen (secondary N) is 2. The van der Waals surface area contributed by atoms with Gasteiger partial charge in [0.05, 0.1) is 41.5 Å². The molecule has 0 atom stereocenters. The predicted molar refractivity (Wildman–Crippen MR) is 143 cm³/mol. The summed E-state index contributed by atoms with van der Waals surface area (Å²) in [6.07, 6.45) is 1.51. The normalized spacial score (nSPS) is 14.1. The van der Waals surface area contributed by atoms with Crippen molar-refractivity contribution in [3.05, 3.63) is 76.5 Å². The number of nitrogens with two attached hydrogens (primary N) is 1. The Morgan fingerprint density at radius 1 is 1.16 bits per heavy atom. The fourth-order valence-corrected chi connectivity index (χ4v) is 5.02. The van der Waals surface area contributed by atoms with Crippen LogP contribution >= 0.6 is 0 Å². The molecule has 3 heterocycles. The Morgan fingerprint density at radius 3 is 2.66 bits per heavy atom. The summed E-state index contributed by atoms with van der Waals surface area (Å²) in [5.74, 6) is -0.239. The van der Waals surface area contributed by atoms with Gasteiger partial charge in [-0.3, -0.25) is 4.79 Å². The van der Waals surface area contributed by atoms with Gasteiger partial charge in [0.1, 0.15) is 11.6 Å². The quantitative estimate of drug-likeness (QED) is 0.326. The number of aromatic nitrogens is 2. The van der Waals surface area contributed by atoms with E-state index in [2.05, 4.69) is 15.3 Å². The Hall–Kier alpha value is -3.84. The van der Waals surface area contributed by atoms with Crippen LogP contribution in [0.4, 0.5) is 21.6 Å². The molecule has 5 rings (SSSR count). The van der Waals surface area contributed by atoms with Gasteiger partial charge in [-0.2, -0.15) is 0 Å². The molecule has 2 aromatic heterocycles. The lowest BCUT2D eigenvalue weighted by molar-refractivity contribution is 0.122. The lowest BCUT2D eigenvalue weighted by Crippen LogP contribution is -2.36. The summed E-state index contributed by atoms with van der Waals surface area (Å²) in [6, 6.07) is 12.5. The summed E-state index contributed by atoms with van der Waals surface area (Å²) < 4.78 is 49.8. The minimum Gasteiger partial charge on any atom is -0.380 e. The number of morpholine rings is 1. The largest absolute Gasteiger partial charge is 0.380 e. The molecule has 4 aromatic rings. The molecule has 0 aliphatic carbocycles. The summed E-state index contributed by atoms with van der Waals surface area (Å²) in [5, 5.41) is 9.26. The van der Waals surface area contributed by atoms with E-state index in [1.54, 1.807) is 30.3 Å². The number of fused-ring (bicyclic) bond motifs is 1. The summed E-state index contributed by atoms with van der Waals surface area (Å²) in [4.78, 5) is 21.9. The molecule has 12 heteroatoms. The van der Waals surface area contributed by atoms with E-state index in [0.717, 1.165) is 0 Å². The van der Waals surface area contributed by atoms with E-state index in [0.29, 0.717) is 59.9 Å². The lowest BCUT2D eigenvalue weighted by atomic mass is 10.0. The van der Waals surface area contributed by atoms with Crippen molar-refractivity contribution in [2.75, 3.05) is 43.6 Å². The zero-order chi connectivity index (χ0) is 26.9. The van der Waals surface area contributed by atoms with E-state index in [9.17, 15) is 13.2 Å². The van der Waals surface area contributed by atoms with Gasteiger partial charge in [0.2, 0.25) is 10.0 Å². The maximum atomic E-state index is 15.1. The van der Waals surface area contributed by atoms with E-state index >= 15 is 4.39 Å². The molecular weight excluding hydrogens is 513 g/mol. The van der Waals surface area contributed by atoms with Crippen molar-refractivity contribution in [2.24, 2.45) is 5.14 Å². The van der Waals surface area contributed by atoms with Crippen LogP contribution in [0.15, 0.2) is 64.4 Å². The average molecular weight is 540 g/mol. The third-order valence-corrected chi connectivity index (χ3v) is 7.21. The molecule has 0 bridgehead atoms. The predicted octanol–water partition coefficient (Wildman–Crippen LogP) is 3.10. The van der Waals surface area contributed by atoms with E-state index in [4.69, 9.17) is 14.6 Å². The highest BCUT2D eigenvalue weighted by Gasteiger charge is 2.19. The molecular formula is C26H26FN5O5S. The molecule has 0 saturated carbocycles. The fourth-order valence-electron chi connectivity index (χ4n) is 4.48. The molecule has 1 fully saturated rings. The number of anilines is 3. The minimum absolute atomic E-state index is 0.0876. The first-order chi connectivity index (χ1) is 18.2. The van der Waals surface area contributed by atoms with E-state index < -0.39 is 15.8 Å². The zero-order valence-electron chi connectivity index (χ0n) is 20.5. The second-order valence-corrected chi connectivity index (χ2v) is 10.4. The Bertz CT molecular complexity index is 1670. The number of hydrogen-bond donors (Lipinski definition) is 3. The molecule has 1 aliphatic rings. The minimum atomic E-state index is -3.98. The fraction of sp³-hybridized carbons (Fsp3) is 0.231. The molecule has 1 aliphatic heterocycles. The molecule has 38 heavy (non-hydrogen) atoms. The number of pyridine rings is 2. The van der Waals surface area contributed by atoms with Crippen molar-refractivity contribution in [2.45, 2.75) is 11.5 Å². The number of aromatic amines is 1. The average Bonchev–Trinajstić information content (AvgIpc) is 2.89. The number of sulfonamides is 1. The van der Waals surface area contributed by atoms with Crippen LogP contribution in [0.2, 0.25) is 0 Å². The van der Waals surface area contributed by atoms with Crippen molar-refractivity contribution in [1.82, 2.24) is 9.97 Å². The van der Waals surface area contributed by atoms with Gasteiger partial charge in [0.25, 0.3) is 5.56 Å². The summed E-state index contributed by atoms with van der Waals surface area (Å²) in [6.45, 7) is 2.43. The van der Waals surface area contributed by atoms with Gasteiger partial charge in [-0.15, -0.1) is 0 Å². The maximum Gasteiger partial charge on any atom is 0.259 e. The highest BCUT2D eigenvalue weighted by Crippen LogP contribution is 2.32. The first-order valence-electron chi connectivity index (χ1n) is 11.8. The molecule has 198 valence electrons. The highest BCUT2D eigenvalue weighted by molar-refractivity contribution is 7.89. The van der Waals surface area contributed by atoms with Crippen molar-refractivity contribution in [1.29, 1.82) is 0 Å². The number of hydrogen-bond acceptors (Lipinski definition) is 8. The van der Waals surface area contributed by atoms with Crippen LogP contribution in [0.1, 0.15) is 5.56 Å². The van der Waals surface area contributed by atoms with E-state index in [-0.39, 0.29) is 28.3 Å². The van der Waals surface area contributed by atoms with Gasteiger partial charge in [-0.1, -0.05) is 6.07 Å². The Balaban J connectivity index is 1.62. The highest BCUT2D eigenvalue weighted by atomic mass is 32.2. The third-order valence-electron chi connectivity index (χ3n) is 6.30. The maximum absolute atomic E-state index is 15.1. The molecule has 4 N–H and O–H groups in total. The molecule has 0 amide bonds. The SMILES string of the molecule is COCc1ccc(S(N)(=O)=O)cc1-c1cc2cc[nH]c(=O)c2c(Nc2ccc(N3CCOCC3)c(F)c2)n1.